The van der Waals surface area contributed by atoms with Crippen LogP contribution in [-0.2, 0) is 9.53 Å². The molecule has 0 atom stereocenters. The van der Waals surface area contributed by atoms with Gasteiger partial charge in [-0.2, -0.15) is 0 Å². The fourth-order valence-corrected chi connectivity index (χ4v) is 2.39. The van der Waals surface area contributed by atoms with Crippen LogP contribution in [0, 0.1) is 6.92 Å². The standard InChI is InChI=1S/C16H13BrClNO3/c1-10-13(18)7-4-8-14(10)19-15(20)9-22-16(21)11-5-2-3-6-12(11)17/h2-8H,9H2,1H3,(H,19,20). The number of esters is 1. The van der Waals surface area contributed by atoms with Crippen LogP contribution in [0.4, 0.5) is 5.69 Å². The third-order valence-corrected chi connectivity index (χ3v) is 4.07. The van der Waals surface area contributed by atoms with E-state index < -0.39 is 11.9 Å². The monoisotopic (exact) mass is 381 g/mol. The molecule has 0 aromatic heterocycles. The minimum absolute atomic E-state index is 0.369. The van der Waals surface area contributed by atoms with E-state index in [2.05, 4.69) is 21.2 Å². The Morgan fingerprint density at radius 3 is 2.64 bits per heavy atom. The average molecular weight is 383 g/mol. The molecular formula is C16H13BrClNO3. The summed E-state index contributed by atoms with van der Waals surface area (Å²) < 4.78 is 5.62. The number of carbonyl (C=O) groups excluding carboxylic acids is 2. The van der Waals surface area contributed by atoms with Gasteiger partial charge in [0, 0.05) is 15.2 Å². The number of hydrogen-bond donors (Lipinski definition) is 1. The maximum Gasteiger partial charge on any atom is 0.339 e. The van der Waals surface area contributed by atoms with E-state index in [0.717, 1.165) is 5.56 Å². The molecule has 0 aliphatic heterocycles. The summed E-state index contributed by atoms with van der Waals surface area (Å²) >= 11 is 9.24. The predicted octanol–water partition coefficient (Wildman–Crippen LogP) is 4.21. The maximum atomic E-state index is 11.9. The first-order valence-corrected chi connectivity index (χ1v) is 7.62. The van der Waals surface area contributed by atoms with Gasteiger partial charge in [0.2, 0.25) is 0 Å². The Labute approximate surface area is 141 Å². The summed E-state index contributed by atoms with van der Waals surface area (Å²) in [7, 11) is 0. The van der Waals surface area contributed by atoms with Crippen LogP contribution >= 0.6 is 27.5 Å². The molecule has 4 nitrogen and oxygen atoms in total. The molecule has 2 rings (SSSR count). The van der Waals surface area contributed by atoms with Gasteiger partial charge >= 0.3 is 5.97 Å². The second-order valence-corrected chi connectivity index (χ2v) is 5.78. The van der Waals surface area contributed by atoms with Gasteiger partial charge in [-0.1, -0.05) is 29.8 Å². The fourth-order valence-electron chi connectivity index (χ4n) is 1.76. The molecule has 0 aliphatic rings. The van der Waals surface area contributed by atoms with Crippen molar-refractivity contribution in [3.63, 3.8) is 0 Å². The Hall–Kier alpha value is -1.85. The van der Waals surface area contributed by atoms with Gasteiger partial charge in [0.25, 0.3) is 5.91 Å². The van der Waals surface area contributed by atoms with Gasteiger partial charge < -0.3 is 10.1 Å². The first-order chi connectivity index (χ1) is 10.5. The summed E-state index contributed by atoms with van der Waals surface area (Å²) in [5.74, 6) is -0.990. The molecule has 0 radical (unpaired) electrons. The zero-order valence-corrected chi connectivity index (χ0v) is 14.1. The van der Waals surface area contributed by atoms with Crippen molar-refractivity contribution >= 4 is 45.1 Å². The molecular weight excluding hydrogens is 370 g/mol. The van der Waals surface area contributed by atoms with Crippen molar-refractivity contribution in [3.05, 3.63) is 63.1 Å². The van der Waals surface area contributed by atoms with E-state index in [9.17, 15) is 9.59 Å². The zero-order valence-electron chi connectivity index (χ0n) is 11.7. The summed E-state index contributed by atoms with van der Waals surface area (Å²) in [5.41, 5.74) is 1.72. The van der Waals surface area contributed by atoms with Crippen LogP contribution in [0.5, 0.6) is 0 Å². The predicted molar refractivity (Wildman–Crippen MR) is 89.2 cm³/mol. The molecule has 1 amide bonds. The van der Waals surface area contributed by atoms with Gasteiger partial charge in [-0.15, -0.1) is 0 Å². The molecule has 114 valence electrons. The van der Waals surface area contributed by atoms with Gasteiger partial charge in [0.15, 0.2) is 6.61 Å². The number of hydrogen-bond acceptors (Lipinski definition) is 3. The third-order valence-electron chi connectivity index (χ3n) is 2.97. The Morgan fingerprint density at radius 1 is 1.18 bits per heavy atom. The first kappa shape index (κ1) is 16.5. The number of ether oxygens (including phenoxy) is 1. The lowest BCUT2D eigenvalue weighted by molar-refractivity contribution is -0.119. The summed E-state index contributed by atoms with van der Waals surface area (Å²) in [6.45, 7) is 1.43. The highest BCUT2D eigenvalue weighted by Gasteiger charge is 2.13. The lowest BCUT2D eigenvalue weighted by Crippen LogP contribution is -2.21. The van der Waals surface area contributed by atoms with Crippen LogP contribution in [0.25, 0.3) is 0 Å². The molecule has 22 heavy (non-hydrogen) atoms. The van der Waals surface area contributed by atoms with Crippen LogP contribution in [0.3, 0.4) is 0 Å². The fraction of sp³-hybridized carbons (Fsp3) is 0.125. The second kappa shape index (κ2) is 7.42. The molecule has 0 bridgehead atoms. The largest absolute Gasteiger partial charge is 0.452 e. The van der Waals surface area contributed by atoms with Gasteiger partial charge in [-0.25, -0.2) is 4.79 Å². The molecule has 0 heterocycles. The molecule has 6 heteroatoms. The molecule has 0 saturated carbocycles. The highest BCUT2D eigenvalue weighted by molar-refractivity contribution is 9.10. The Kier molecular flexibility index (Phi) is 5.57. The molecule has 1 N–H and O–H groups in total. The molecule has 2 aromatic carbocycles. The molecule has 2 aromatic rings. The quantitative estimate of drug-likeness (QED) is 0.806. The van der Waals surface area contributed by atoms with Gasteiger partial charge in [0.1, 0.15) is 0 Å². The maximum absolute atomic E-state index is 11.9. The highest BCUT2D eigenvalue weighted by Crippen LogP contribution is 2.23. The van der Waals surface area contributed by atoms with Crippen LogP contribution in [0.2, 0.25) is 5.02 Å². The summed E-state index contributed by atoms with van der Waals surface area (Å²) in [5, 5.41) is 3.22. The number of nitrogens with one attached hydrogen (secondary N) is 1. The highest BCUT2D eigenvalue weighted by atomic mass is 79.9. The summed E-state index contributed by atoms with van der Waals surface area (Å²) in [4.78, 5) is 23.7. The lowest BCUT2D eigenvalue weighted by Gasteiger charge is -2.10. The minimum Gasteiger partial charge on any atom is -0.452 e. The van der Waals surface area contributed by atoms with E-state index in [1.165, 1.54) is 0 Å². The number of carbonyl (C=O) groups is 2. The molecule has 0 unspecified atom stereocenters. The average Bonchev–Trinajstić information content (AvgIpc) is 2.50. The normalized spacial score (nSPS) is 10.1. The molecule has 0 fully saturated rings. The van der Waals surface area contributed by atoms with Crippen molar-refractivity contribution in [1.29, 1.82) is 0 Å². The Bertz CT molecular complexity index is 718. The van der Waals surface area contributed by atoms with Crippen molar-refractivity contribution in [2.75, 3.05) is 11.9 Å². The van der Waals surface area contributed by atoms with Crippen LogP contribution < -0.4 is 5.32 Å². The zero-order chi connectivity index (χ0) is 16.1. The van der Waals surface area contributed by atoms with E-state index in [4.69, 9.17) is 16.3 Å². The lowest BCUT2D eigenvalue weighted by atomic mass is 10.2. The van der Waals surface area contributed by atoms with Crippen LogP contribution in [-0.4, -0.2) is 18.5 Å². The number of rotatable bonds is 4. The van der Waals surface area contributed by atoms with E-state index in [1.54, 1.807) is 49.4 Å². The van der Waals surface area contributed by atoms with Gasteiger partial charge in [-0.05, 0) is 52.7 Å². The molecule has 0 aliphatic carbocycles. The van der Waals surface area contributed by atoms with Crippen LogP contribution in [0.1, 0.15) is 15.9 Å². The smallest absolute Gasteiger partial charge is 0.339 e. The number of amides is 1. The Morgan fingerprint density at radius 2 is 1.91 bits per heavy atom. The minimum atomic E-state index is -0.564. The molecule has 0 saturated heterocycles. The molecule has 0 spiro atoms. The van der Waals surface area contributed by atoms with Gasteiger partial charge in [0.05, 0.1) is 5.56 Å². The summed E-state index contributed by atoms with van der Waals surface area (Å²) in [6.07, 6.45) is 0. The SMILES string of the molecule is Cc1c(Cl)cccc1NC(=O)COC(=O)c1ccccc1Br. The van der Waals surface area contributed by atoms with E-state index in [-0.39, 0.29) is 6.61 Å². The number of benzene rings is 2. The van der Waals surface area contributed by atoms with Gasteiger partial charge in [-0.3, -0.25) is 4.79 Å². The third kappa shape index (κ3) is 4.08. The van der Waals surface area contributed by atoms with Crippen molar-refractivity contribution in [2.24, 2.45) is 0 Å². The first-order valence-electron chi connectivity index (χ1n) is 6.45. The topological polar surface area (TPSA) is 55.4 Å². The van der Waals surface area contributed by atoms with E-state index in [0.29, 0.717) is 20.7 Å². The Balaban J connectivity index is 1.95. The van der Waals surface area contributed by atoms with E-state index in [1.807, 2.05) is 0 Å². The number of halogens is 2. The number of anilines is 1. The van der Waals surface area contributed by atoms with Crippen molar-refractivity contribution < 1.29 is 14.3 Å². The second-order valence-electron chi connectivity index (χ2n) is 4.52. The van der Waals surface area contributed by atoms with Crippen LogP contribution in [0.15, 0.2) is 46.9 Å². The van der Waals surface area contributed by atoms with Crippen molar-refractivity contribution in [2.45, 2.75) is 6.92 Å². The summed E-state index contributed by atoms with van der Waals surface area (Å²) in [6, 6.07) is 12.1. The van der Waals surface area contributed by atoms with E-state index >= 15 is 0 Å². The van der Waals surface area contributed by atoms with Crippen molar-refractivity contribution in [1.82, 2.24) is 0 Å². The van der Waals surface area contributed by atoms with Crippen molar-refractivity contribution in [3.8, 4) is 0 Å².